The standard InChI is InChI=1S/C12H20N4O/c1-2-16-6-5-14-11(12(16)17)15-8-9-3-4-10(13)7-9/h5-6,9-10H,2-4,7-8,13H2,1H3,(H,14,15). The molecule has 5 nitrogen and oxygen atoms in total. The number of hydrogen-bond donors (Lipinski definition) is 2. The van der Waals surface area contributed by atoms with Gasteiger partial charge in [0.2, 0.25) is 0 Å². The highest BCUT2D eigenvalue weighted by Crippen LogP contribution is 2.23. The van der Waals surface area contributed by atoms with Gasteiger partial charge in [0.25, 0.3) is 5.56 Å². The Morgan fingerprint density at radius 1 is 1.59 bits per heavy atom. The van der Waals surface area contributed by atoms with Gasteiger partial charge in [-0.25, -0.2) is 4.98 Å². The molecule has 1 fully saturated rings. The van der Waals surface area contributed by atoms with E-state index in [1.807, 2.05) is 6.92 Å². The maximum Gasteiger partial charge on any atom is 0.293 e. The Hall–Kier alpha value is -1.36. The molecule has 1 aliphatic carbocycles. The van der Waals surface area contributed by atoms with E-state index in [9.17, 15) is 4.79 Å². The molecule has 0 saturated heterocycles. The van der Waals surface area contributed by atoms with Crippen molar-refractivity contribution in [3.8, 4) is 0 Å². The number of rotatable bonds is 4. The molecule has 0 aromatic carbocycles. The van der Waals surface area contributed by atoms with E-state index in [1.165, 1.54) is 0 Å². The number of nitrogens with one attached hydrogen (secondary N) is 1. The molecule has 1 aromatic rings. The smallest absolute Gasteiger partial charge is 0.293 e. The summed E-state index contributed by atoms with van der Waals surface area (Å²) >= 11 is 0. The summed E-state index contributed by atoms with van der Waals surface area (Å²) in [4.78, 5) is 16.0. The summed E-state index contributed by atoms with van der Waals surface area (Å²) in [5.74, 6) is 1.02. The van der Waals surface area contributed by atoms with Crippen LogP contribution in [0.3, 0.4) is 0 Å². The first-order valence-corrected chi connectivity index (χ1v) is 6.25. The van der Waals surface area contributed by atoms with Gasteiger partial charge in [0, 0.05) is 31.5 Å². The predicted molar refractivity (Wildman–Crippen MR) is 68.0 cm³/mol. The third kappa shape index (κ3) is 2.85. The number of aryl methyl sites for hydroxylation is 1. The average Bonchev–Trinajstić information content (AvgIpc) is 2.74. The van der Waals surface area contributed by atoms with Crippen molar-refractivity contribution >= 4 is 5.82 Å². The molecule has 17 heavy (non-hydrogen) atoms. The van der Waals surface area contributed by atoms with Crippen molar-refractivity contribution in [3.63, 3.8) is 0 Å². The number of aromatic nitrogens is 2. The second kappa shape index (κ2) is 5.31. The zero-order valence-electron chi connectivity index (χ0n) is 10.2. The van der Waals surface area contributed by atoms with Crippen molar-refractivity contribution in [1.82, 2.24) is 9.55 Å². The van der Waals surface area contributed by atoms with Crippen LogP contribution in [0.4, 0.5) is 5.82 Å². The maximum atomic E-state index is 11.9. The predicted octanol–water partition coefficient (Wildman–Crippen LogP) is 0.802. The molecule has 1 aromatic heterocycles. The Kier molecular flexibility index (Phi) is 3.78. The molecule has 2 rings (SSSR count). The normalized spacial score (nSPS) is 23.9. The van der Waals surface area contributed by atoms with E-state index in [0.29, 0.717) is 24.3 Å². The highest BCUT2D eigenvalue weighted by atomic mass is 16.1. The quantitative estimate of drug-likeness (QED) is 0.811. The van der Waals surface area contributed by atoms with Crippen molar-refractivity contribution in [2.24, 2.45) is 11.7 Å². The molecule has 0 spiro atoms. The molecule has 0 aliphatic heterocycles. The first-order valence-electron chi connectivity index (χ1n) is 6.25. The third-order valence-corrected chi connectivity index (χ3v) is 3.39. The molecule has 0 amide bonds. The van der Waals surface area contributed by atoms with Crippen LogP contribution >= 0.6 is 0 Å². The minimum atomic E-state index is -0.0442. The van der Waals surface area contributed by atoms with Crippen LogP contribution in [0.2, 0.25) is 0 Å². The Bertz CT molecular complexity index is 429. The van der Waals surface area contributed by atoms with E-state index < -0.39 is 0 Å². The van der Waals surface area contributed by atoms with Gasteiger partial charge in [-0.05, 0) is 32.1 Å². The summed E-state index contributed by atoms with van der Waals surface area (Å²) in [6.45, 7) is 3.41. The molecule has 1 aliphatic rings. The third-order valence-electron chi connectivity index (χ3n) is 3.39. The van der Waals surface area contributed by atoms with Crippen LogP contribution in [-0.2, 0) is 6.54 Å². The lowest BCUT2D eigenvalue weighted by Gasteiger charge is -2.11. The molecular weight excluding hydrogens is 216 g/mol. The zero-order chi connectivity index (χ0) is 12.3. The largest absolute Gasteiger partial charge is 0.365 e. The highest BCUT2D eigenvalue weighted by molar-refractivity contribution is 5.30. The van der Waals surface area contributed by atoms with Gasteiger partial charge in [0.15, 0.2) is 5.82 Å². The van der Waals surface area contributed by atoms with Crippen LogP contribution in [0.15, 0.2) is 17.2 Å². The fourth-order valence-corrected chi connectivity index (χ4v) is 2.36. The number of hydrogen-bond acceptors (Lipinski definition) is 4. The topological polar surface area (TPSA) is 72.9 Å². The molecule has 0 bridgehead atoms. The summed E-state index contributed by atoms with van der Waals surface area (Å²) < 4.78 is 1.65. The van der Waals surface area contributed by atoms with Crippen molar-refractivity contribution in [2.75, 3.05) is 11.9 Å². The van der Waals surface area contributed by atoms with E-state index in [2.05, 4.69) is 10.3 Å². The van der Waals surface area contributed by atoms with E-state index in [-0.39, 0.29) is 5.56 Å². The summed E-state index contributed by atoms with van der Waals surface area (Å²) in [6.07, 6.45) is 6.64. The van der Waals surface area contributed by atoms with Gasteiger partial charge < -0.3 is 15.6 Å². The van der Waals surface area contributed by atoms with Gasteiger partial charge in [-0.2, -0.15) is 0 Å². The van der Waals surface area contributed by atoms with Crippen LogP contribution in [-0.4, -0.2) is 22.1 Å². The number of anilines is 1. The van der Waals surface area contributed by atoms with Gasteiger partial charge in [-0.3, -0.25) is 4.79 Å². The van der Waals surface area contributed by atoms with E-state index in [0.717, 1.165) is 25.8 Å². The summed E-state index contributed by atoms with van der Waals surface area (Å²) in [7, 11) is 0. The van der Waals surface area contributed by atoms with Gasteiger partial charge in [-0.15, -0.1) is 0 Å². The van der Waals surface area contributed by atoms with Crippen LogP contribution in [0.25, 0.3) is 0 Å². The zero-order valence-corrected chi connectivity index (χ0v) is 10.2. The first-order chi connectivity index (χ1) is 8.20. The van der Waals surface area contributed by atoms with Crippen LogP contribution in [0.1, 0.15) is 26.2 Å². The van der Waals surface area contributed by atoms with Crippen LogP contribution in [0.5, 0.6) is 0 Å². The molecule has 3 N–H and O–H groups in total. The molecule has 1 saturated carbocycles. The lowest BCUT2D eigenvalue weighted by atomic mass is 10.1. The molecule has 1 heterocycles. The maximum absolute atomic E-state index is 11.9. The van der Waals surface area contributed by atoms with Crippen molar-refractivity contribution in [3.05, 3.63) is 22.7 Å². The monoisotopic (exact) mass is 236 g/mol. The summed E-state index contributed by atoms with van der Waals surface area (Å²) in [5.41, 5.74) is 5.82. The van der Waals surface area contributed by atoms with Gasteiger partial charge in [0.1, 0.15) is 0 Å². The van der Waals surface area contributed by atoms with E-state index in [1.54, 1.807) is 17.0 Å². The second-order valence-corrected chi connectivity index (χ2v) is 4.69. The SMILES string of the molecule is CCn1ccnc(NCC2CCC(N)C2)c1=O. The van der Waals surface area contributed by atoms with Crippen LogP contribution in [0, 0.1) is 5.92 Å². The molecule has 2 unspecified atom stereocenters. The fourth-order valence-electron chi connectivity index (χ4n) is 2.36. The minimum Gasteiger partial charge on any atom is -0.365 e. The lowest BCUT2D eigenvalue weighted by Crippen LogP contribution is -2.26. The molecule has 5 heteroatoms. The van der Waals surface area contributed by atoms with E-state index in [4.69, 9.17) is 5.73 Å². The van der Waals surface area contributed by atoms with Crippen molar-refractivity contribution in [2.45, 2.75) is 38.8 Å². The molecule has 94 valence electrons. The molecular formula is C12H20N4O. The number of nitrogens with two attached hydrogens (primary N) is 1. The molecule has 2 atom stereocenters. The first kappa shape index (κ1) is 12.1. The summed E-state index contributed by atoms with van der Waals surface area (Å²) in [5, 5.41) is 3.15. The van der Waals surface area contributed by atoms with Crippen molar-refractivity contribution in [1.29, 1.82) is 0 Å². The number of nitrogens with zero attached hydrogens (tertiary/aromatic N) is 2. The molecule has 0 radical (unpaired) electrons. The fraction of sp³-hybridized carbons (Fsp3) is 0.667. The Labute approximate surface area is 101 Å². The Morgan fingerprint density at radius 2 is 2.41 bits per heavy atom. The Morgan fingerprint density at radius 3 is 3.06 bits per heavy atom. The highest BCUT2D eigenvalue weighted by Gasteiger charge is 2.21. The van der Waals surface area contributed by atoms with Gasteiger partial charge in [-0.1, -0.05) is 0 Å². The van der Waals surface area contributed by atoms with Gasteiger partial charge in [0.05, 0.1) is 0 Å². The Balaban J connectivity index is 1.97. The minimum absolute atomic E-state index is 0.0442. The van der Waals surface area contributed by atoms with Crippen LogP contribution < -0.4 is 16.6 Å². The van der Waals surface area contributed by atoms with E-state index >= 15 is 0 Å². The average molecular weight is 236 g/mol. The second-order valence-electron chi connectivity index (χ2n) is 4.69. The van der Waals surface area contributed by atoms with Crippen molar-refractivity contribution < 1.29 is 0 Å². The summed E-state index contributed by atoms with van der Waals surface area (Å²) in [6, 6.07) is 0.331. The lowest BCUT2D eigenvalue weighted by molar-refractivity contribution is 0.563. The van der Waals surface area contributed by atoms with Gasteiger partial charge >= 0.3 is 0 Å².